The summed E-state index contributed by atoms with van der Waals surface area (Å²) in [4.78, 5) is 9.75. The number of unbranched alkanes of at least 4 members (excludes halogenated alkanes) is 2. The molecule has 0 aromatic heterocycles. The number of hydrogen-bond acceptors (Lipinski definition) is 1. The summed E-state index contributed by atoms with van der Waals surface area (Å²) in [6, 6.07) is 0. The normalized spacial score (nSPS) is 11.0. The maximum atomic E-state index is 9.75. The fraction of sp³-hybridized carbons (Fsp3) is 0.444. The summed E-state index contributed by atoms with van der Waals surface area (Å²) in [6.07, 6.45) is 11.7. The van der Waals surface area contributed by atoms with Gasteiger partial charge in [-0.25, -0.2) is 0 Å². The minimum Gasteiger partial charge on any atom is -0.335 e. The Kier molecular flexibility index (Phi) is 8.10. The summed E-state index contributed by atoms with van der Waals surface area (Å²) in [6.45, 7) is 2.16. The maximum absolute atomic E-state index is 9.75. The first-order valence-electron chi connectivity index (χ1n) is 3.93. The molecule has 0 unspecified atom stereocenters. The first kappa shape index (κ1) is 9.95. The number of hydrogen-bond donors (Lipinski definition) is 1. The Morgan fingerprint density at radius 2 is 2.18 bits per heavy atom. The minimum atomic E-state index is 0.649. The zero-order valence-corrected chi connectivity index (χ0v) is 6.92. The SMILES string of the molecule is CCCC/C=C/C=C/NC=O. The van der Waals surface area contributed by atoms with Crippen LogP contribution in [0.3, 0.4) is 0 Å². The van der Waals surface area contributed by atoms with Gasteiger partial charge in [0.2, 0.25) is 6.41 Å². The molecule has 0 aliphatic heterocycles. The molecule has 0 aromatic rings. The van der Waals surface area contributed by atoms with Gasteiger partial charge in [0.25, 0.3) is 0 Å². The van der Waals surface area contributed by atoms with E-state index in [9.17, 15) is 4.79 Å². The predicted octanol–water partition coefficient (Wildman–Crippen LogP) is 1.99. The summed E-state index contributed by atoms with van der Waals surface area (Å²) in [5.41, 5.74) is 0. The average Bonchev–Trinajstić information content (AvgIpc) is 2.03. The standard InChI is InChI=1S/C9H15NO/c1-2-3-4-5-6-7-8-10-9-11/h5-9H,2-4H2,1H3,(H,10,11)/b6-5+,8-7+. The van der Waals surface area contributed by atoms with Crippen molar-refractivity contribution < 1.29 is 4.79 Å². The Balaban J connectivity index is 3.21. The third-order valence-corrected chi connectivity index (χ3v) is 1.23. The van der Waals surface area contributed by atoms with Crippen LogP contribution in [-0.4, -0.2) is 6.41 Å². The van der Waals surface area contributed by atoms with E-state index in [-0.39, 0.29) is 0 Å². The van der Waals surface area contributed by atoms with Crippen LogP contribution < -0.4 is 5.32 Å². The highest BCUT2D eigenvalue weighted by molar-refractivity contribution is 5.47. The van der Waals surface area contributed by atoms with Crippen LogP contribution in [0.2, 0.25) is 0 Å². The highest BCUT2D eigenvalue weighted by atomic mass is 16.1. The molecule has 0 saturated heterocycles. The average molecular weight is 153 g/mol. The molecule has 0 rings (SSSR count). The molecule has 0 aromatic carbocycles. The van der Waals surface area contributed by atoms with Gasteiger partial charge in [-0.15, -0.1) is 0 Å². The number of nitrogens with one attached hydrogen (secondary N) is 1. The lowest BCUT2D eigenvalue weighted by atomic mass is 10.2. The predicted molar refractivity (Wildman–Crippen MR) is 47.0 cm³/mol. The summed E-state index contributed by atoms with van der Waals surface area (Å²) >= 11 is 0. The van der Waals surface area contributed by atoms with E-state index in [4.69, 9.17) is 0 Å². The lowest BCUT2D eigenvalue weighted by molar-refractivity contribution is -0.108. The van der Waals surface area contributed by atoms with Crippen LogP contribution in [0.4, 0.5) is 0 Å². The number of carbonyl (C=O) groups excluding carboxylic acids is 1. The van der Waals surface area contributed by atoms with E-state index in [1.807, 2.05) is 12.2 Å². The van der Waals surface area contributed by atoms with Crippen LogP contribution in [0.5, 0.6) is 0 Å². The van der Waals surface area contributed by atoms with Crippen molar-refractivity contribution in [3.05, 3.63) is 24.4 Å². The molecule has 0 aliphatic carbocycles. The zero-order valence-electron chi connectivity index (χ0n) is 6.92. The monoisotopic (exact) mass is 153 g/mol. The molecular weight excluding hydrogens is 138 g/mol. The lowest BCUT2D eigenvalue weighted by Gasteiger charge is -1.85. The largest absolute Gasteiger partial charge is 0.335 e. The Hall–Kier alpha value is -1.05. The molecule has 0 fully saturated rings. The van der Waals surface area contributed by atoms with Crippen molar-refractivity contribution in [1.82, 2.24) is 5.32 Å². The Morgan fingerprint density at radius 1 is 1.36 bits per heavy atom. The van der Waals surface area contributed by atoms with E-state index in [1.165, 1.54) is 12.8 Å². The molecule has 11 heavy (non-hydrogen) atoms. The molecule has 2 nitrogen and oxygen atoms in total. The molecule has 1 amide bonds. The molecule has 2 heteroatoms. The van der Waals surface area contributed by atoms with Crippen LogP contribution in [0.25, 0.3) is 0 Å². The molecule has 0 heterocycles. The zero-order chi connectivity index (χ0) is 8.36. The van der Waals surface area contributed by atoms with Crippen LogP contribution in [-0.2, 0) is 4.79 Å². The molecule has 0 spiro atoms. The van der Waals surface area contributed by atoms with Crippen LogP contribution >= 0.6 is 0 Å². The summed E-state index contributed by atoms with van der Waals surface area (Å²) in [5.74, 6) is 0. The van der Waals surface area contributed by atoms with Crippen molar-refractivity contribution in [2.75, 3.05) is 0 Å². The van der Waals surface area contributed by atoms with Crippen molar-refractivity contribution in [1.29, 1.82) is 0 Å². The third kappa shape index (κ3) is 8.95. The maximum Gasteiger partial charge on any atom is 0.211 e. The number of amides is 1. The molecular formula is C9H15NO. The van der Waals surface area contributed by atoms with E-state index in [0.717, 1.165) is 6.42 Å². The second-order valence-electron chi connectivity index (χ2n) is 2.21. The molecule has 0 saturated carbocycles. The summed E-state index contributed by atoms with van der Waals surface area (Å²) in [7, 11) is 0. The van der Waals surface area contributed by atoms with E-state index in [1.54, 1.807) is 6.20 Å². The lowest BCUT2D eigenvalue weighted by Crippen LogP contribution is -1.97. The van der Waals surface area contributed by atoms with Gasteiger partial charge in [-0.05, 0) is 12.5 Å². The van der Waals surface area contributed by atoms with Gasteiger partial charge < -0.3 is 5.32 Å². The summed E-state index contributed by atoms with van der Waals surface area (Å²) < 4.78 is 0. The molecule has 1 N–H and O–H groups in total. The van der Waals surface area contributed by atoms with Gasteiger partial charge >= 0.3 is 0 Å². The van der Waals surface area contributed by atoms with Gasteiger partial charge in [-0.3, -0.25) is 4.79 Å². The van der Waals surface area contributed by atoms with Crippen molar-refractivity contribution >= 4 is 6.41 Å². The van der Waals surface area contributed by atoms with Gasteiger partial charge in [0.15, 0.2) is 0 Å². The topological polar surface area (TPSA) is 29.1 Å². The van der Waals surface area contributed by atoms with Gasteiger partial charge in [0, 0.05) is 6.20 Å². The van der Waals surface area contributed by atoms with Gasteiger partial charge in [0.05, 0.1) is 0 Å². The van der Waals surface area contributed by atoms with E-state index < -0.39 is 0 Å². The number of carbonyl (C=O) groups is 1. The van der Waals surface area contributed by atoms with Crippen LogP contribution in [0.1, 0.15) is 26.2 Å². The van der Waals surface area contributed by atoms with Gasteiger partial charge in [-0.1, -0.05) is 31.9 Å². The van der Waals surface area contributed by atoms with E-state index in [0.29, 0.717) is 6.41 Å². The molecule has 0 atom stereocenters. The fourth-order valence-electron chi connectivity index (χ4n) is 0.647. The first-order valence-corrected chi connectivity index (χ1v) is 3.93. The van der Waals surface area contributed by atoms with Crippen molar-refractivity contribution in [2.24, 2.45) is 0 Å². The van der Waals surface area contributed by atoms with Crippen LogP contribution in [0.15, 0.2) is 24.4 Å². The highest BCUT2D eigenvalue weighted by Gasteiger charge is 1.74. The smallest absolute Gasteiger partial charge is 0.211 e. The van der Waals surface area contributed by atoms with E-state index >= 15 is 0 Å². The second kappa shape index (κ2) is 8.95. The van der Waals surface area contributed by atoms with Crippen molar-refractivity contribution in [3.8, 4) is 0 Å². The Labute approximate surface area is 68.0 Å². The molecule has 62 valence electrons. The molecule has 0 aliphatic rings. The van der Waals surface area contributed by atoms with Gasteiger partial charge in [0.1, 0.15) is 0 Å². The van der Waals surface area contributed by atoms with Crippen LogP contribution in [0, 0.1) is 0 Å². The minimum absolute atomic E-state index is 0.649. The Morgan fingerprint density at radius 3 is 2.82 bits per heavy atom. The first-order chi connectivity index (χ1) is 5.41. The summed E-state index contributed by atoms with van der Waals surface area (Å²) in [5, 5.41) is 2.43. The fourth-order valence-corrected chi connectivity index (χ4v) is 0.647. The van der Waals surface area contributed by atoms with Crippen molar-refractivity contribution in [2.45, 2.75) is 26.2 Å². The highest BCUT2D eigenvalue weighted by Crippen LogP contribution is 1.94. The molecule has 0 bridgehead atoms. The van der Waals surface area contributed by atoms with Gasteiger partial charge in [-0.2, -0.15) is 0 Å². The van der Waals surface area contributed by atoms with E-state index in [2.05, 4.69) is 18.3 Å². The molecule has 0 radical (unpaired) electrons. The quantitative estimate of drug-likeness (QED) is 0.353. The number of allylic oxidation sites excluding steroid dienone is 3. The second-order valence-corrected chi connectivity index (χ2v) is 2.21. The van der Waals surface area contributed by atoms with Crippen molar-refractivity contribution in [3.63, 3.8) is 0 Å². The Bertz CT molecular complexity index is 138. The third-order valence-electron chi connectivity index (χ3n) is 1.23. The number of rotatable bonds is 6.